The topological polar surface area (TPSA) is 49.9 Å². The summed E-state index contributed by atoms with van der Waals surface area (Å²) >= 11 is 1.69. The molecule has 0 saturated carbocycles. The number of halogens is 1. The molecule has 184 valence electrons. The van der Waals surface area contributed by atoms with Crippen molar-refractivity contribution in [2.24, 2.45) is 5.92 Å². The van der Waals surface area contributed by atoms with Crippen molar-refractivity contribution in [3.8, 4) is 5.75 Å². The molecule has 1 aliphatic rings. The van der Waals surface area contributed by atoms with Crippen LogP contribution in [0.4, 0.5) is 4.39 Å². The number of benzene rings is 2. The second-order valence-corrected chi connectivity index (χ2v) is 9.98. The van der Waals surface area contributed by atoms with Gasteiger partial charge in [0.25, 0.3) is 5.91 Å². The highest BCUT2D eigenvalue weighted by Crippen LogP contribution is 2.34. The number of ether oxygens (including phenoxy) is 1. The average Bonchev–Trinajstić information content (AvgIpc) is 3.37. The van der Waals surface area contributed by atoms with E-state index in [1.165, 1.54) is 17.0 Å². The maximum atomic E-state index is 13.6. The van der Waals surface area contributed by atoms with Crippen molar-refractivity contribution in [3.05, 3.63) is 87.9 Å². The molecule has 3 aromatic rings. The van der Waals surface area contributed by atoms with Gasteiger partial charge in [0.1, 0.15) is 24.7 Å². The van der Waals surface area contributed by atoms with Crippen molar-refractivity contribution in [2.75, 3.05) is 26.2 Å². The van der Waals surface area contributed by atoms with Crippen molar-refractivity contribution >= 4 is 23.2 Å². The van der Waals surface area contributed by atoms with E-state index < -0.39 is 0 Å². The zero-order valence-electron chi connectivity index (χ0n) is 20.2. The van der Waals surface area contributed by atoms with E-state index in [2.05, 4.69) is 13.8 Å². The number of rotatable bonds is 9. The lowest BCUT2D eigenvalue weighted by Crippen LogP contribution is -2.48. The Hall–Kier alpha value is -3.19. The SMILES string of the molecule is CC[C@H](C)CN(CC(=O)N1CCc2sccc2[C@@H]1COc1ccc(F)cc1)C(=O)c1ccccc1. The Balaban J connectivity index is 1.53. The number of amides is 2. The van der Waals surface area contributed by atoms with E-state index in [-0.39, 0.29) is 42.7 Å². The van der Waals surface area contributed by atoms with Crippen molar-refractivity contribution in [1.82, 2.24) is 9.80 Å². The minimum Gasteiger partial charge on any atom is -0.491 e. The smallest absolute Gasteiger partial charge is 0.254 e. The molecule has 1 aromatic heterocycles. The van der Waals surface area contributed by atoms with Crippen molar-refractivity contribution in [3.63, 3.8) is 0 Å². The van der Waals surface area contributed by atoms with Crippen molar-refractivity contribution in [1.29, 1.82) is 0 Å². The molecule has 2 aromatic carbocycles. The zero-order valence-corrected chi connectivity index (χ0v) is 21.0. The highest BCUT2D eigenvalue weighted by Gasteiger charge is 2.34. The van der Waals surface area contributed by atoms with Crippen LogP contribution in [0.2, 0.25) is 0 Å². The minimum atomic E-state index is -0.323. The first-order valence-corrected chi connectivity index (χ1v) is 12.9. The van der Waals surface area contributed by atoms with Crippen LogP contribution in [0, 0.1) is 11.7 Å². The van der Waals surface area contributed by atoms with Gasteiger partial charge in [0, 0.05) is 23.5 Å². The van der Waals surface area contributed by atoms with Crippen LogP contribution in [0.1, 0.15) is 47.1 Å². The van der Waals surface area contributed by atoms with E-state index in [4.69, 9.17) is 4.74 Å². The molecule has 1 aliphatic heterocycles. The molecular weight excluding hydrogens is 463 g/mol. The molecule has 2 amide bonds. The van der Waals surface area contributed by atoms with Crippen molar-refractivity contribution < 1.29 is 18.7 Å². The number of carbonyl (C=O) groups is 2. The summed E-state index contributed by atoms with van der Waals surface area (Å²) in [7, 11) is 0. The molecule has 0 saturated heterocycles. The van der Waals surface area contributed by atoms with Crippen LogP contribution in [0.3, 0.4) is 0 Å². The van der Waals surface area contributed by atoms with Gasteiger partial charge in [-0.3, -0.25) is 9.59 Å². The summed E-state index contributed by atoms with van der Waals surface area (Å²) in [5.74, 6) is 0.280. The molecule has 35 heavy (non-hydrogen) atoms. The Kier molecular flexibility index (Phi) is 8.18. The summed E-state index contributed by atoms with van der Waals surface area (Å²) in [6, 6.07) is 16.8. The second-order valence-electron chi connectivity index (χ2n) is 8.98. The predicted molar refractivity (Wildman–Crippen MR) is 136 cm³/mol. The fourth-order valence-electron chi connectivity index (χ4n) is 4.32. The van der Waals surface area contributed by atoms with Crippen LogP contribution in [-0.2, 0) is 11.2 Å². The maximum Gasteiger partial charge on any atom is 0.254 e. The van der Waals surface area contributed by atoms with Gasteiger partial charge >= 0.3 is 0 Å². The normalized spacial score (nSPS) is 15.9. The fraction of sp³-hybridized carbons (Fsp3) is 0.357. The third kappa shape index (κ3) is 6.09. The fourth-order valence-corrected chi connectivity index (χ4v) is 5.25. The largest absolute Gasteiger partial charge is 0.491 e. The number of hydrogen-bond donors (Lipinski definition) is 0. The van der Waals surface area contributed by atoms with E-state index in [9.17, 15) is 14.0 Å². The van der Waals surface area contributed by atoms with Gasteiger partial charge in [-0.1, -0.05) is 38.5 Å². The molecule has 2 heterocycles. The molecule has 2 atom stereocenters. The monoisotopic (exact) mass is 494 g/mol. The van der Waals surface area contributed by atoms with Crippen LogP contribution >= 0.6 is 11.3 Å². The number of carbonyl (C=O) groups excluding carboxylic acids is 2. The lowest BCUT2D eigenvalue weighted by atomic mass is 10.00. The Morgan fingerprint density at radius 1 is 1.14 bits per heavy atom. The number of nitrogens with zero attached hydrogens (tertiary/aromatic N) is 2. The van der Waals surface area contributed by atoms with E-state index in [0.29, 0.717) is 24.4 Å². The summed E-state index contributed by atoms with van der Waals surface area (Å²) < 4.78 is 19.3. The van der Waals surface area contributed by atoms with Gasteiger partial charge in [0.2, 0.25) is 5.91 Å². The minimum absolute atomic E-state index is 0.0184. The van der Waals surface area contributed by atoms with E-state index >= 15 is 0 Å². The molecule has 0 fully saturated rings. The van der Waals surface area contributed by atoms with E-state index in [1.807, 2.05) is 34.5 Å². The summed E-state index contributed by atoms with van der Waals surface area (Å²) in [4.78, 5) is 31.7. The van der Waals surface area contributed by atoms with Gasteiger partial charge in [-0.25, -0.2) is 4.39 Å². The molecule has 0 unspecified atom stereocenters. The average molecular weight is 495 g/mol. The van der Waals surface area contributed by atoms with Gasteiger partial charge in [-0.2, -0.15) is 0 Å². The van der Waals surface area contributed by atoms with E-state index in [1.54, 1.807) is 40.5 Å². The first-order chi connectivity index (χ1) is 17.0. The van der Waals surface area contributed by atoms with Crippen molar-refractivity contribution in [2.45, 2.75) is 32.7 Å². The van der Waals surface area contributed by atoms with Crippen LogP contribution in [0.15, 0.2) is 66.0 Å². The van der Waals surface area contributed by atoms with Crippen LogP contribution in [0.5, 0.6) is 5.75 Å². The highest BCUT2D eigenvalue weighted by atomic mass is 32.1. The third-order valence-electron chi connectivity index (χ3n) is 6.50. The summed E-state index contributed by atoms with van der Waals surface area (Å²) in [6.07, 6.45) is 1.70. The summed E-state index contributed by atoms with van der Waals surface area (Å²) in [6.45, 7) is 5.55. The van der Waals surface area contributed by atoms with E-state index in [0.717, 1.165) is 18.4 Å². The van der Waals surface area contributed by atoms with Crippen LogP contribution in [0.25, 0.3) is 0 Å². The standard InChI is InChI=1S/C28H31FN2O3S/c1-3-20(2)17-30(28(33)21-7-5-4-6-8-21)18-27(32)31-15-13-26-24(14-16-35-26)25(31)19-34-23-11-9-22(29)10-12-23/h4-12,14,16,20,25H,3,13,15,17-19H2,1-2H3/t20-,25-/m0/s1. The van der Waals surface area contributed by atoms with Gasteiger partial charge in [-0.05, 0) is 65.7 Å². The van der Waals surface area contributed by atoms with Gasteiger partial charge in [0.15, 0.2) is 0 Å². The van der Waals surface area contributed by atoms with Gasteiger partial charge in [0.05, 0.1) is 6.04 Å². The maximum absolute atomic E-state index is 13.6. The Bertz CT molecular complexity index is 1130. The Labute approximate surface area is 210 Å². The molecule has 4 rings (SSSR count). The van der Waals surface area contributed by atoms with Crippen LogP contribution in [-0.4, -0.2) is 47.9 Å². The quantitative estimate of drug-likeness (QED) is 0.390. The number of hydrogen-bond acceptors (Lipinski definition) is 4. The lowest BCUT2D eigenvalue weighted by Gasteiger charge is -2.37. The summed E-state index contributed by atoms with van der Waals surface area (Å²) in [5.41, 5.74) is 1.66. The number of fused-ring (bicyclic) bond motifs is 1. The first-order valence-electron chi connectivity index (χ1n) is 12.0. The molecule has 0 spiro atoms. The first kappa shape index (κ1) is 24.9. The predicted octanol–water partition coefficient (Wildman–Crippen LogP) is 5.58. The molecule has 0 N–H and O–H groups in total. The summed E-state index contributed by atoms with van der Waals surface area (Å²) in [5, 5.41) is 2.04. The second kappa shape index (κ2) is 11.5. The lowest BCUT2D eigenvalue weighted by molar-refractivity contribution is -0.135. The molecule has 0 aliphatic carbocycles. The Morgan fingerprint density at radius 3 is 2.60 bits per heavy atom. The molecule has 7 heteroatoms. The molecule has 5 nitrogen and oxygen atoms in total. The molecule has 0 bridgehead atoms. The number of thiophene rings is 1. The molecule has 0 radical (unpaired) electrons. The van der Waals surface area contributed by atoms with Gasteiger partial charge < -0.3 is 14.5 Å². The zero-order chi connectivity index (χ0) is 24.8. The molecular formula is C28H31FN2O3S. The third-order valence-corrected chi connectivity index (χ3v) is 7.50. The highest BCUT2D eigenvalue weighted by molar-refractivity contribution is 7.10. The van der Waals surface area contributed by atoms with Gasteiger partial charge in [-0.15, -0.1) is 11.3 Å². The van der Waals surface area contributed by atoms with Crippen LogP contribution < -0.4 is 4.74 Å². The Morgan fingerprint density at radius 2 is 1.89 bits per heavy atom.